The minimum atomic E-state index is -0.129. The van der Waals surface area contributed by atoms with Crippen molar-refractivity contribution in [3.63, 3.8) is 0 Å². The molecule has 2 aromatic rings. The lowest BCUT2D eigenvalue weighted by molar-refractivity contribution is 0.0670. The predicted molar refractivity (Wildman–Crippen MR) is 106 cm³/mol. The first-order valence-corrected chi connectivity index (χ1v) is 9.46. The summed E-state index contributed by atoms with van der Waals surface area (Å²) >= 11 is 0. The number of hydrogen-bond donors (Lipinski definition) is 1. The highest BCUT2D eigenvalue weighted by Crippen LogP contribution is 2.20. The first kappa shape index (κ1) is 19.4. The number of carbonyl (C=O) groups is 1. The maximum Gasteiger partial charge on any atom is 0.255 e. The number of benzene rings is 2. The largest absolute Gasteiger partial charge is 0.490 e. The molecule has 5 heteroatoms. The monoisotopic (exact) mass is 368 g/mol. The molecule has 1 saturated heterocycles. The Morgan fingerprint density at radius 1 is 1.15 bits per heavy atom. The van der Waals surface area contributed by atoms with E-state index in [0.29, 0.717) is 24.5 Å². The molecule has 5 nitrogen and oxygen atoms in total. The summed E-state index contributed by atoms with van der Waals surface area (Å²) in [7, 11) is 4.10. The van der Waals surface area contributed by atoms with Gasteiger partial charge >= 0.3 is 0 Å². The Bertz CT molecular complexity index is 737. The van der Waals surface area contributed by atoms with Crippen molar-refractivity contribution in [3.8, 4) is 5.75 Å². The second kappa shape index (κ2) is 9.53. The van der Waals surface area contributed by atoms with E-state index in [1.165, 1.54) is 5.56 Å². The molecule has 0 aliphatic carbocycles. The SMILES string of the molecule is CN(C)Cc1ccc(CNC(=O)c2ccccc2OCC2CCCO2)cc1. The van der Waals surface area contributed by atoms with E-state index < -0.39 is 0 Å². The summed E-state index contributed by atoms with van der Waals surface area (Å²) in [5.74, 6) is 0.474. The molecule has 0 aromatic heterocycles. The zero-order valence-corrected chi connectivity index (χ0v) is 16.1. The van der Waals surface area contributed by atoms with Gasteiger partial charge in [-0.2, -0.15) is 0 Å². The van der Waals surface area contributed by atoms with Crippen molar-refractivity contribution in [3.05, 3.63) is 65.2 Å². The van der Waals surface area contributed by atoms with Crippen LogP contribution in [0, 0.1) is 0 Å². The Hall–Kier alpha value is -2.37. The van der Waals surface area contributed by atoms with Gasteiger partial charge in [-0.3, -0.25) is 4.79 Å². The molecule has 1 amide bonds. The molecule has 3 rings (SSSR count). The summed E-state index contributed by atoms with van der Waals surface area (Å²) in [6.45, 7) is 2.67. The van der Waals surface area contributed by atoms with E-state index in [1.54, 1.807) is 6.07 Å². The van der Waals surface area contributed by atoms with E-state index in [1.807, 2.05) is 32.3 Å². The molecule has 1 heterocycles. The number of carbonyl (C=O) groups excluding carboxylic acids is 1. The first-order chi connectivity index (χ1) is 13.1. The minimum absolute atomic E-state index is 0.127. The van der Waals surface area contributed by atoms with Crippen molar-refractivity contribution in [1.29, 1.82) is 0 Å². The second-order valence-corrected chi connectivity index (χ2v) is 7.18. The van der Waals surface area contributed by atoms with Crippen molar-refractivity contribution in [2.75, 3.05) is 27.3 Å². The lowest BCUT2D eigenvalue weighted by atomic mass is 10.1. The van der Waals surface area contributed by atoms with Crippen LogP contribution >= 0.6 is 0 Å². The fraction of sp³-hybridized carbons (Fsp3) is 0.409. The molecule has 2 aromatic carbocycles. The van der Waals surface area contributed by atoms with Gasteiger partial charge in [0, 0.05) is 19.7 Å². The van der Waals surface area contributed by atoms with Crippen LogP contribution < -0.4 is 10.1 Å². The van der Waals surface area contributed by atoms with Crippen LogP contribution in [0.2, 0.25) is 0 Å². The molecule has 0 radical (unpaired) electrons. The maximum absolute atomic E-state index is 12.6. The third-order valence-corrected chi connectivity index (χ3v) is 4.56. The van der Waals surface area contributed by atoms with Crippen LogP contribution in [0.5, 0.6) is 5.75 Å². The van der Waals surface area contributed by atoms with Crippen LogP contribution in [0.4, 0.5) is 0 Å². The van der Waals surface area contributed by atoms with Gasteiger partial charge in [0.2, 0.25) is 0 Å². The Morgan fingerprint density at radius 3 is 2.59 bits per heavy atom. The van der Waals surface area contributed by atoms with E-state index in [2.05, 4.69) is 34.5 Å². The number of amides is 1. The van der Waals surface area contributed by atoms with Crippen LogP contribution in [0.1, 0.15) is 34.3 Å². The van der Waals surface area contributed by atoms with Crippen LogP contribution in [-0.2, 0) is 17.8 Å². The number of ether oxygens (including phenoxy) is 2. The lowest BCUT2D eigenvalue weighted by Gasteiger charge is -2.15. The molecular formula is C22H28N2O3. The number of nitrogens with one attached hydrogen (secondary N) is 1. The third-order valence-electron chi connectivity index (χ3n) is 4.56. The van der Waals surface area contributed by atoms with Crippen LogP contribution in [0.15, 0.2) is 48.5 Å². The van der Waals surface area contributed by atoms with Crippen LogP contribution in [-0.4, -0.2) is 44.2 Å². The van der Waals surface area contributed by atoms with E-state index in [9.17, 15) is 4.79 Å². The Morgan fingerprint density at radius 2 is 1.89 bits per heavy atom. The third kappa shape index (κ3) is 5.81. The molecule has 1 aliphatic heterocycles. The first-order valence-electron chi connectivity index (χ1n) is 9.46. The van der Waals surface area contributed by atoms with Gasteiger partial charge in [0.15, 0.2) is 0 Å². The quantitative estimate of drug-likeness (QED) is 0.777. The number of rotatable bonds is 8. The summed E-state index contributed by atoms with van der Waals surface area (Å²) in [6.07, 6.45) is 2.21. The van der Waals surface area contributed by atoms with E-state index in [0.717, 1.165) is 31.6 Å². The summed E-state index contributed by atoms with van der Waals surface area (Å²) < 4.78 is 11.4. The van der Waals surface area contributed by atoms with Gasteiger partial charge in [0.1, 0.15) is 12.4 Å². The van der Waals surface area contributed by atoms with Crippen molar-refractivity contribution in [2.45, 2.75) is 32.0 Å². The van der Waals surface area contributed by atoms with E-state index in [4.69, 9.17) is 9.47 Å². The Labute approximate surface area is 161 Å². The molecule has 0 spiro atoms. The molecule has 0 saturated carbocycles. The number of para-hydroxylation sites is 1. The highest BCUT2D eigenvalue weighted by atomic mass is 16.5. The maximum atomic E-state index is 12.6. The van der Waals surface area contributed by atoms with Gasteiger partial charge in [0.05, 0.1) is 11.7 Å². The van der Waals surface area contributed by atoms with Gasteiger partial charge < -0.3 is 19.7 Å². The zero-order valence-electron chi connectivity index (χ0n) is 16.1. The molecule has 0 bridgehead atoms. The topological polar surface area (TPSA) is 50.8 Å². The second-order valence-electron chi connectivity index (χ2n) is 7.18. The highest BCUT2D eigenvalue weighted by molar-refractivity contribution is 5.96. The Kier molecular flexibility index (Phi) is 6.85. The van der Waals surface area contributed by atoms with Gasteiger partial charge in [-0.1, -0.05) is 36.4 Å². The molecule has 1 unspecified atom stereocenters. The standard InChI is InChI=1S/C22H28N2O3/c1-24(2)15-18-11-9-17(10-12-18)14-23-22(25)20-7-3-4-8-21(20)27-16-19-6-5-13-26-19/h3-4,7-12,19H,5-6,13-16H2,1-2H3,(H,23,25). The zero-order chi connectivity index (χ0) is 19.1. The smallest absolute Gasteiger partial charge is 0.255 e. The van der Waals surface area contributed by atoms with Crippen molar-refractivity contribution >= 4 is 5.91 Å². The van der Waals surface area contributed by atoms with Gasteiger partial charge in [-0.05, 0) is 50.2 Å². The van der Waals surface area contributed by atoms with Crippen LogP contribution in [0.25, 0.3) is 0 Å². The predicted octanol–water partition coefficient (Wildman–Crippen LogP) is 3.24. The van der Waals surface area contributed by atoms with Crippen molar-refractivity contribution in [1.82, 2.24) is 10.2 Å². The molecule has 1 atom stereocenters. The molecule has 1 N–H and O–H groups in total. The number of nitrogens with zero attached hydrogens (tertiary/aromatic N) is 1. The Balaban J connectivity index is 1.55. The fourth-order valence-corrected chi connectivity index (χ4v) is 3.14. The van der Waals surface area contributed by atoms with Crippen molar-refractivity contribution in [2.24, 2.45) is 0 Å². The van der Waals surface area contributed by atoms with Gasteiger partial charge in [-0.25, -0.2) is 0 Å². The van der Waals surface area contributed by atoms with Crippen LogP contribution in [0.3, 0.4) is 0 Å². The van der Waals surface area contributed by atoms with E-state index >= 15 is 0 Å². The van der Waals surface area contributed by atoms with Gasteiger partial charge in [0.25, 0.3) is 5.91 Å². The lowest BCUT2D eigenvalue weighted by Crippen LogP contribution is -2.24. The highest BCUT2D eigenvalue weighted by Gasteiger charge is 2.18. The average molecular weight is 368 g/mol. The molecule has 144 valence electrons. The summed E-state index contributed by atoms with van der Waals surface area (Å²) in [5.41, 5.74) is 2.88. The molecule has 1 fully saturated rings. The summed E-state index contributed by atoms with van der Waals surface area (Å²) in [5, 5.41) is 2.98. The van der Waals surface area contributed by atoms with E-state index in [-0.39, 0.29) is 12.0 Å². The fourth-order valence-electron chi connectivity index (χ4n) is 3.14. The molecule has 27 heavy (non-hydrogen) atoms. The van der Waals surface area contributed by atoms with Gasteiger partial charge in [-0.15, -0.1) is 0 Å². The molecule has 1 aliphatic rings. The van der Waals surface area contributed by atoms with Crippen molar-refractivity contribution < 1.29 is 14.3 Å². The summed E-state index contributed by atoms with van der Waals surface area (Å²) in [6, 6.07) is 15.7. The minimum Gasteiger partial charge on any atom is -0.490 e. The number of hydrogen-bond acceptors (Lipinski definition) is 4. The summed E-state index contributed by atoms with van der Waals surface area (Å²) in [4.78, 5) is 14.7. The normalized spacial score (nSPS) is 16.5. The molecular weight excluding hydrogens is 340 g/mol. The average Bonchev–Trinajstić information content (AvgIpc) is 3.19.